The molecule has 3 nitrogen and oxygen atoms in total. The van der Waals surface area contributed by atoms with Gasteiger partial charge >= 0.3 is 0 Å². The van der Waals surface area contributed by atoms with Crippen molar-refractivity contribution < 1.29 is 4.39 Å². The first-order valence-corrected chi connectivity index (χ1v) is 5.15. The fourth-order valence-corrected chi connectivity index (χ4v) is 1.50. The van der Waals surface area contributed by atoms with E-state index in [9.17, 15) is 4.39 Å². The van der Waals surface area contributed by atoms with Crippen LogP contribution in [0.3, 0.4) is 0 Å². The Hall–Kier alpha value is -2.23. The van der Waals surface area contributed by atoms with E-state index in [1.165, 1.54) is 12.1 Å². The summed E-state index contributed by atoms with van der Waals surface area (Å²) in [4.78, 5) is 8.02. The molecule has 0 saturated carbocycles. The summed E-state index contributed by atoms with van der Waals surface area (Å²) in [6, 6.07) is 9.98. The van der Waals surface area contributed by atoms with Crippen LogP contribution in [0.1, 0.15) is 5.69 Å². The molecule has 17 heavy (non-hydrogen) atoms. The molecule has 2 aromatic rings. The highest BCUT2D eigenvalue weighted by molar-refractivity contribution is 5.95. The van der Waals surface area contributed by atoms with Crippen molar-refractivity contribution >= 4 is 5.84 Å². The van der Waals surface area contributed by atoms with E-state index in [1.807, 2.05) is 12.1 Å². The minimum Gasteiger partial charge on any atom is -0.382 e. The molecule has 0 spiro atoms. The summed E-state index contributed by atoms with van der Waals surface area (Å²) in [5.74, 6) is 0.122. The molecule has 1 heterocycles. The number of hydrogen-bond donors (Lipinski definition) is 1. The van der Waals surface area contributed by atoms with Gasteiger partial charge in [0, 0.05) is 18.8 Å². The molecule has 4 heteroatoms. The second-order valence-corrected chi connectivity index (χ2v) is 3.55. The van der Waals surface area contributed by atoms with Crippen LogP contribution < -0.4 is 5.73 Å². The number of benzene rings is 1. The number of hydrogen-bond acceptors (Lipinski definition) is 2. The summed E-state index contributed by atoms with van der Waals surface area (Å²) >= 11 is 0. The van der Waals surface area contributed by atoms with Gasteiger partial charge in [0.15, 0.2) is 0 Å². The Balaban J connectivity index is 2.36. The molecule has 0 aliphatic carbocycles. The fourth-order valence-electron chi connectivity index (χ4n) is 1.50. The summed E-state index contributed by atoms with van der Waals surface area (Å²) in [7, 11) is 1.61. The predicted molar refractivity (Wildman–Crippen MR) is 66.3 cm³/mol. The standard InChI is InChI=1S/C13H12FN3/c1-16-13(15)12-6-5-10(8-17-12)9-3-2-4-11(14)7-9/h2-8H,1H3,(H2,15,16). The van der Waals surface area contributed by atoms with Crippen molar-refractivity contribution in [3.63, 3.8) is 0 Å². The minimum absolute atomic E-state index is 0.263. The predicted octanol–water partition coefficient (Wildman–Crippen LogP) is 2.22. The smallest absolute Gasteiger partial charge is 0.144 e. The maximum atomic E-state index is 13.1. The van der Waals surface area contributed by atoms with Crippen LogP contribution in [-0.4, -0.2) is 17.9 Å². The Morgan fingerprint density at radius 1 is 1.24 bits per heavy atom. The normalized spacial score (nSPS) is 11.5. The van der Waals surface area contributed by atoms with Crippen LogP contribution in [0, 0.1) is 5.82 Å². The van der Waals surface area contributed by atoms with Crippen LogP contribution in [0.15, 0.2) is 47.6 Å². The molecule has 0 radical (unpaired) electrons. The summed E-state index contributed by atoms with van der Waals surface area (Å²) in [6.07, 6.45) is 1.65. The molecule has 0 bridgehead atoms. The van der Waals surface area contributed by atoms with Gasteiger partial charge in [-0.25, -0.2) is 4.39 Å². The lowest BCUT2D eigenvalue weighted by atomic mass is 10.1. The van der Waals surface area contributed by atoms with E-state index in [4.69, 9.17) is 5.73 Å². The van der Waals surface area contributed by atoms with Crippen LogP contribution in [-0.2, 0) is 0 Å². The number of rotatable bonds is 2. The fraction of sp³-hybridized carbons (Fsp3) is 0.0769. The van der Waals surface area contributed by atoms with Crippen molar-refractivity contribution in [1.82, 2.24) is 4.98 Å². The van der Waals surface area contributed by atoms with Gasteiger partial charge in [-0.05, 0) is 23.8 Å². The third-order valence-corrected chi connectivity index (χ3v) is 2.42. The van der Waals surface area contributed by atoms with Crippen molar-refractivity contribution in [3.05, 3.63) is 54.1 Å². The molecule has 0 atom stereocenters. The van der Waals surface area contributed by atoms with Gasteiger partial charge in [0.25, 0.3) is 0 Å². The lowest BCUT2D eigenvalue weighted by Gasteiger charge is -2.03. The maximum Gasteiger partial charge on any atom is 0.144 e. The monoisotopic (exact) mass is 229 g/mol. The third kappa shape index (κ3) is 2.47. The average molecular weight is 229 g/mol. The zero-order valence-electron chi connectivity index (χ0n) is 9.39. The van der Waals surface area contributed by atoms with E-state index in [1.54, 1.807) is 25.4 Å². The molecule has 1 aromatic heterocycles. The highest BCUT2D eigenvalue weighted by Gasteiger charge is 2.02. The molecular weight excluding hydrogens is 217 g/mol. The summed E-state index contributed by atoms with van der Waals surface area (Å²) in [5.41, 5.74) is 7.89. The molecule has 0 unspecified atom stereocenters. The van der Waals surface area contributed by atoms with Crippen LogP contribution in [0.5, 0.6) is 0 Å². The Morgan fingerprint density at radius 2 is 2.06 bits per heavy atom. The van der Waals surface area contributed by atoms with E-state index >= 15 is 0 Å². The summed E-state index contributed by atoms with van der Waals surface area (Å²) < 4.78 is 13.1. The van der Waals surface area contributed by atoms with Gasteiger partial charge in [0.1, 0.15) is 17.3 Å². The highest BCUT2D eigenvalue weighted by Crippen LogP contribution is 2.19. The van der Waals surface area contributed by atoms with E-state index in [-0.39, 0.29) is 5.82 Å². The number of aliphatic imine (C=N–C) groups is 1. The Morgan fingerprint density at radius 3 is 2.65 bits per heavy atom. The highest BCUT2D eigenvalue weighted by atomic mass is 19.1. The molecule has 0 aliphatic rings. The van der Waals surface area contributed by atoms with Crippen molar-refractivity contribution in [2.24, 2.45) is 10.7 Å². The Bertz CT molecular complexity index is 547. The second-order valence-electron chi connectivity index (χ2n) is 3.55. The van der Waals surface area contributed by atoms with Crippen LogP contribution in [0.4, 0.5) is 4.39 Å². The lowest BCUT2D eigenvalue weighted by Crippen LogP contribution is -2.14. The largest absolute Gasteiger partial charge is 0.382 e. The van der Waals surface area contributed by atoms with Crippen LogP contribution >= 0.6 is 0 Å². The number of nitrogens with zero attached hydrogens (tertiary/aromatic N) is 2. The van der Waals surface area contributed by atoms with Crippen molar-refractivity contribution in [1.29, 1.82) is 0 Å². The number of aromatic nitrogens is 1. The Kier molecular flexibility index (Phi) is 3.14. The second kappa shape index (κ2) is 4.74. The van der Waals surface area contributed by atoms with Gasteiger partial charge in [-0.15, -0.1) is 0 Å². The van der Waals surface area contributed by atoms with Gasteiger partial charge in [0.05, 0.1) is 0 Å². The average Bonchev–Trinajstić information content (AvgIpc) is 2.38. The number of amidine groups is 1. The molecule has 2 rings (SSSR count). The molecule has 0 fully saturated rings. The van der Waals surface area contributed by atoms with Gasteiger partial charge in [-0.1, -0.05) is 18.2 Å². The molecule has 0 aliphatic heterocycles. The van der Waals surface area contributed by atoms with E-state index < -0.39 is 0 Å². The summed E-state index contributed by atoms with van der Waals surface area (Å²) in [6.45, 7) is 0. The molecular formula is C13H12FN3. The van der Waals surface area contributed by atoms with Crippen molar-refractivity contribution in [2.75, 3.05) is 7.05 Å². The number of nitrogens with two attached hydrogens (primary N) is 1. The molecule has 86 valence electrons. The first kappa shape index (κ1) is 11.3. The van der Waals surface area contributed by atoms with Gasteiger partial charge in [-0.3, -0.25) is 9.98 Å². The quantitative estimate of drug-likeness (QED) is 0.634. The minimum atomic E-state index is -0.263. The van der Waals surface area contributed by atoms with Gasteiger partial charge in [0.2, 0.25) is 0 Å². The topological polar surface area (TPSA) is 51.3 Å². The third-order valence-electron chi connectivity index (χ3n) is 2.42. The lowest BCUT2D eigenvalue weighted by molar-refractivity contribution is 0.628. The van der Waals surface area contributed by atoms with Crippen LogP contribution in [0.2, 0.25) is 0 Å². The maximum absolute atomic E-state index is 13.1. The van der Waals surface area contributed by atoms with E-state index in [0.29, 0.717) is 11.5 Å². The molecule has 2 N–H and O–H groups in total. The first-order valence-electron chi connectivity index (χ1n) is 5.15. The zero-order valence-corrected chi connectivity index (χ0v) is 9.39. The number of pyridine rings is 1. The summed E-state index contributed by atoms with van der Waals surface area (Å²) in [5, 5.41) is 0. The SMILES string of the molecule is C/N=C(\N)c1ccc(-c2cccc(F)c2)cn1. The van der Waals surface area contributed by atoms with E-state index in [2.05, 4.69) is 9.98 Å². The zero-order chi connectivity index (χ0) is 12.3. The van der Waals surface area contributed by atoms with Crippen molar-refractivity contribution in [3.8, 4) is 11.1 Å². The van der Waals surface area contributed by atoms with Gasteiger partial charge in [-0.2, -0.15) is 0 Å². The van der Waals surface area contributed by atoms with Gasteiger partial charge < -0.3 is 5.73 Å². The number of halogens is 1. The van der Waals surface area contributed by atoms with E-state index in [0.717, 1.165) is 11.1 Å². The molecule has 0 amide bonds. The molecule has 1 aromatic carbocycles. The Labute approximate surface area is 98.8 Å². The van der Waals surface area contributed by atoms with Crippen molar-refractivity contribution in [2.45, 2.75) is 0 Å². The first-order chi connectivity index (χ1) is 8.20. The molecule has 0 saturated heterocycles. The van der Waals surface area contributed by atoms with Crippen LogP contribution in [0.25, 0.3) is 11.1 Å².